The molecule has 2 aromatic carbocycles. The Kier molecular flexibility index (Phi) is 6.59. The van der Waals surface area contributed by atoms with Crippen molar-refractivity contribution in [3.05, 3.63) is 67.9 Å². The highest BCUT2D eigenvalue weighted by molar-refractivity contribution is 7.94. The van der Waals surface area contributed by atoms with E-state index in [-0.39, 0.29) is 40.6 Å². The Balaban J connectivity index is 2.04. The first-order valence-electron chi connectivity index (χ1n) is 7.52. The van der Waals surface area contributed by atoms with Gasteiger partial charge < -0.3 is 0 Å². The lowest BCUT2D eigenvalue weighted by atomic mass is 10.3. The van der Waals surface area contributed by atoms with Gasteiger partial charge in [-0.25, -0.2) is 16.8 Å². The highest BCUT2D eigenvalue weighted by Crippen LogP contribution is 2.36. The lowest BCUT2D eigenvalue weighted by Crippen LogP contribution is -2.17. The number of hydrogen-bond acceptors (Lipinski definition) is 5. The van der Waals surface area contributed by atoms with Crippen LogP contribution in [0.15, 0.2) is 56.9 Å². The van der Waals surface area contributed by atoms with Crippen molar-refractivity contribution in [3.63, 3.8) is 0 Å². The second kappa shape index (κ2) is 8.50. The number of benzene rings is 2. The van der Waals surface area contributed by atoms with Crippen molar-refractivity contribution >= 4 is 89.2 Å². The summed E-state index contributed by atoms with van der Waals surface area (Å²) in [5.41, 5.74) is -0.236. The summed E-state index contributed by atoms with van der Waals surface area (Å²) < 4.78 is 55.3. The molecule has 0 aliphatic rings. The first-order valence-corrected chi connectivity index (χ1v) is 12.9. The van der Waals surface area contributed by atoms with Gasteiger partial charge in [0.15, 0.2) is 0 Å². The molecule has 0 amide bonds. The van der Waals surface area contributed by atoms with Crippen LogP contribution in [0, 0.1) is 0 Å². The van der Waals surface area contributed by atoms with Crippen molar-refractivity contribution in [1.29, 1.82) is 0 Å². The van der Waals surface area contributed by atoms with Crippen molar-refractivity contribution in [1.82, 2.24) is 0 Å². The molecule has 0 aliphatic carbocycles. The van der Waals surface area contributed by atoms with E-state index < -0.39 is 20.0 Å². The third-order valence-corrected chi connectivity index (χ3v) is 8.72. The predicted octanol–water partition coefficient (Wildman–Crippen LogP) is 5.96. The smallest absolute Gasteiger partial charge is 0.271 e. The molecule has 1 heterocycles. The summed E-state index contributed by atoms with van der Waals surface area (Å²) in [5.74, 6) is 0. The quantitative estimate of drug-likeness (QED) is 0.410. The highest BCUT2D eigenvalue weighted by atomic mass is 35.5. The zero-order valence-electron chi connectivity index (χ0n) is 14.0. The fraction of sp³-hybridized carbons (Fsp3) is 0. The molecule has 0 saturated carbocycles. The van der Waals surface area contributed by atoms with Gasteiger partial charge in [-0.3, -0.25) is 9.44 Å². The van der Waals surface area contributed by atoms with Crippen LogP contribution in [0.3, 0.4) is 0 Å². The molecule has 29 heavy (non-hydrogen) atoms. The predicted molar refractivity (Wildman–Crippen MR) is 119 cm³/mol. The molecule has 0 unspecified atom stereocenters. The van der Waals surface area contributed by atoms with Gasteiger partial charge in [0.25, 0.3) is 20.0 Å². The maximum absolute atomic E-state index is 12.8. The van der Waals surface area contributed by atoms with Crippen molar-refractivity contribution in [3.8, 4) is 0 Å². The van der Waals surface area contributed by atoms with E-state index in [1.165, 1.54) is 36.4 Å². The van der Waals surface area contributed by atoms with E-state index in [0.29, 0.717) is 0 Å². The second-order valence-corrected chi connectivity index (χ2v) is 11.8. The SMILES string of the molecule is O=S(=O)(Nc1cc(Cl)c(Cl)cc1NS(=O)(=O)c1cccs1)c1cc(Cl)cc(Cl)c1. The number of thiophene rings is 1. The molecule has 1 aromatic heterocycles. The first-order chi connectivity index (χ1) is 13.5. The molecule has 3 rings (SSSR count). The van der Waals surface area contributed by atoms with Crippen LogP contribution in [0.4, 0.5) is 11.4 Å². The van der Waals surface area contributed by atoms with Crippen LogP contribution in [0.2, 0.25) is 20.1 Å². The molecule has 3 aromatic rings. The molecule has 6 nitrogen and oxygen atoms in total. The summed E-state index contributed by atoms with van der Waals surface area (Å²) in [7, 11) is -8.14. The minimum absolute atomic E-state index is 0.0209. The molecule has 13 heteroatoms. The molecular formula is C16H10Cl4N2O4S3. The number of rotatable bonds is 6. The van der Waals surface area contributed by atoms with Crippen LogP contribution in [-0.2, 0) is 20.0 Å². The molecule has 2 N–H and O–H groups in total. The summed E-state index contributed by atoms with van der Waals surface area (Å²) in [6.45, 7) is 0. The van der Waals surface area contributed by atoms with Gasteiger partial charge in [-0.05, 0) is 41.8 Å². The lowest BCUT2D eigenvalue weighted by molar-refractivity contribution is 0.599. The van der Waals surface area contributed by atoms with Gasteiger partial charge in [0, 0.05) is 10.0 Å². The zero-order chi connectivity index (χ0) is 21.4. The Hall–Kier alpha value is -1.20. The molecule has 0 radical (unpaired) electrons. The van der Waals surface area contributed by atoms with Crippen LogP contribution in [0.5, 0.6) is 0 Å². The van der Waals surface area contributed by atoms with Gasteiger partial charge in [-0.2, -0.15) is 0 Å². The van der Waals surface area contributed by atoms with Gasteiger partial charge >= 0.3 is 0 Å². The van der Waals surface area contributed by atoms with E-state index in [1.807, 2.05) is 0 Å². The highest BCUT2D eigenvalue weighted by Gasteiger charge is 2.22. The van der Waals surface area contributed by atoms with Crippen molar-refractivity contribution in [2.75, 3.05) is 9.44 Å². The Morgan fingerprint density at radius 2 is 1.24 bits per heavy atom. The number of anilines is 2. The van der Waals surface area contributed by atoms with Gasteiger partial charge in [0.1, 0.15) is 4.21 Å². The van der Waals surface area contributed by atoms with E-state index in [4.69, 9.17) is 46.4 Å². The molecule has 0 aliphatic heterocycles. The summed E-state index contributed by atoms with van der Waals surface area (Å²) in [6, 6.07) is 9.15. The molecule has 0 fully saturated rings. The zero-order valence-corrected chi connectivity index (χ0v) is 19.5. The monoisotopic (exact) mass is 530 g/mol. The summed E-state index contributed by atoms with van der Waals surface area (Å²) in [6.07, 6.45) is 0. The van der Waals surface area contributed by atoms with Crippen LogP contribution in [0.25, 0.3) is 0 Å². The topological polar surface area (TPSA) is 92.3 Å². The van der Waals surface area contributed by atoms with E-state index >= 15 is 0 Å². The normalized spacial score (nSPS) is 12.0. The molecule has 0 spiro atoms. The van der Waals surface area contributed by atoms with Crippen molar-refractivity contribution in [2.45, 2.75) is 9.10 Å². The Morgan fingerprint density at radius 1 is 0.724 bits per heavy atom. The van der Waals surface area contributed by atoms with Gasteiger partial charge in [0.05, 0.1) is 26.3 Å². The first kappa shape index (κ1) is 22.5. The third-order valence-electron chi connectivity index (χ3n) is 3.46. The summed E-state index contributed by atoms with van der Waals surface area (Å²) in [5, 5.41) is 1.88. The van der Waals surface area contributed by atoms with Gasteiger partial charge in [-0.15, -0.1) is 11.3 Å². The average Bonchev–Trinajstić information content (AvgIpc) is 3.13. The van der Waals surface area contributed by atoms with Crippen LogP contribution >= 0.6 is 57.7 Å². The average molecular weight is 532 g/mol. The standard InChI is InChI=1S/C16H10Cl4N2O4S3/c17-9-4-10(18)6-11(5-9)28(23,24)21-14-7-12(19)13(20)8-15(14)22-29(25,26)16-2-1-3-27-16/h1-8,21-22H. The minimum atomic E-state index is -4.17. The van der Waals surface area contributed by atoms with Crippen LogP contribution < -0.4 is 9.44 Å². The molecule has 154 valence electrons. The van der Waals surface area contributed by atoms with E-state index in [9.17, 15) is 16.8 Å². The van der Waals surface area contributed by atoms with Crippen molar-refractivity contribution in [2.24, 2.45) is 0 Å². The second-order valence-electron chi connectivity index (χ2n) is 5.56. The fourth-order valence-electron chi connectivity index (χ4n) is 2.21. The van der Waals surface area contributed by atoms with E-state index in [2.05, 4.69) is 9.44 Å². The third kappa shape index (κ3) is 5.29. The Bertz CT molecular complexity index is 1260. The number of sulfonamides is 2. The largest absolute Gasteiger partial charge is 0.277 e. The number of nitrogens with one attached hydrogen (secondary N) is 2. The molecule has 0 bridgehead atoms. The maximum atomic E-state index is 12.8. The lowest BCUT2D eigenvalue weighted by Gasteiger charge is -2.15. The van der Waals surface area contributed by atoms with Gasteiger partial charge in [0.2, 0.25) is 0 Å². The van der Waals surface area contributed by atoms with Gasteiger partial charge in [-0.1, -0.05) is 52.5 Å². The Morgan fingerprint density at radius 3 is 1.72 bits per heavy atom. The fourth-order valence-corrected chi connectivity index (χ4v) is 6.40. The van der Waals surface area contributed by atoms with Crippen LogP contribution in [0.1, 0.15) is 0 Å². The Labute approximate surface area is 191 Å². The maximum Gasteiger partial charge on any atom is 0.271 e. The molecule has 0 atom stereocenters. The summed E-state index contributed by atoms with van der Waals surface area (Å²) in [4.78, 5) is -0.215. The summed E-state index contributed by atoms with van der Waals surface area (Å²) >= 11 is 24.7. The van der Waals surface area contributed by atoms with Crippen molar-refractivity contribution < 1.29 is 16.8 Å². The number of halogens is 4. The molecular weight excluding hydrogens is 522 g/mol. The van der Waals surface area contributed by atoms with E-state index in [0.717, 1.165) is 11.3 Å². The van der Waals surface area contributed by atoms with E-state index in [1.54, 1.807) is 11.4 Å². The number of hydrogen-bond donors (Lipinski definition) is 2. The molecule has 0 saturated heterocycles. The van der Waals surface area contributed by atoms with Crippen LogP contribution in [-0.4, -0.2) is 16.8 Å². The minimum Gasteiger partial charge on any atom is -0.277 e.